The first-order chi connectivity index (χ1) is 18.3. The third kappa shape index (κ3) is 6.05. The highest BCUT2D eigenvalue weighted by molar-refractivity contribution is 5.84. The molecule has 1 aliphatic rings. The molecule has 3 aromatic carbocycles. The van der Waals surface area contributed by atoms with Crippen LogP contribution in [-0.4, -0.2) is 47.7 Å². The van der Waals surface area contributed by atoms with Gasteiger partial charge in [0, 0.05) is 25.6 Å². The zero-order valence-corrected chi connectivity index (χ0v) is 21.9. The molecule has 0 radical (unpaired) electrons. The molecule has 0 saturated carbocycles. The topological polar surface area (TPSA) is 95.9 Å². The summed E-state index contributed by atoms with van der Waals surface area (Å²) in [5.74, 6) is -1.22. The number of carboxylic acids is 1. The number of carboxylic acid groups (broad SMARTS) is 1. The Kier molecular flexibility index (Phi) is 8.46. The summed E-state index contributed by atoms with van der Waals surface area (Å²) < 4.78 is 5.64. The highest BCUT2D eigenvalue weighted by atomic mass is 16.5. The Hall–Kier alpha value is -4.13. The number of amides is 2. The van der Waals surface area contributed by atoms with Gasteiger partial charge in [-0.3, -0.25) is 9.59 Å². The Bertz CT molecular complexity index is 1250. The third-order valence-corrected chi connectivity index (χ3v) is 7.36. The molecule has 1 atom stereocenters. The van der Waals surface area contributed by atoms with Crippen molar-refractivity contribution in [3.05, 3.63) is 95.6 Å². The summed E-state index contributed by atoms with van der Waals surface area (Å²) in [6.45, 7) is 4.33. The number of carbonyl (C=O) groups is 3. The smallest absolute Gasteiger partial charge is 0.407 e. The van der Waals surface area contributed by atoms with Gasteiger partial charge in [-0.25, -0.2) is 4.79 Å². The van der Waals surface area contributed by atoms with E-state index in [2.05, 4.69) is 29.6 Å². The van der Waals surface area contributed by atoms with Crippen molar-refractivity contribution in [2.24, 2.45) is 5.41 Å². The molecule has 0 heterocycles. The minimum atomic E-state index is -0.967. The number of alkyl carbamates (subject to hydrolysis) is 1. The van der Waals surface area contributed by atoms with Crippen molar-refractivity contribution < 1.29 is 24.2 Å². The molecule has 38 heavy (non-hydrogen) atoms. The van der Waals surface area contributed by atoms with E-state index in [1.165, 1.54) is 0 Å². The molecular weight excluding hydrogens is 480 g/mol. The van der Waals surface area contributed by atoms with E-state index in [0.717, 1.165) is 27.8 Å². The molecule has 0 fully saturated rings. The van der Waals surface area contributed by atoms with E-state index in [1.54, 1.807) is 11.8 Å². The molecule has 7 nitrogen and oxygen atoms in total. The van der Waals surface area contributed by atoms with Crippen LogP contribution in [0, 0.1) is 5.41 Å². The maximum absolute atomic E-state index is 13.6. The van der Waals surface area contributed by atoms with Gasteiger partial charge in [0.15, 0.2) is 0 Å². The van der Waals surface area contributed by atoms with E-state index < -0.39 is 17.5 Å². The summed E-state index contributed by atoms with van der Waals surface area (Å²) in [6, 6.07) is 25.7. The second kappa shape index (κ2) is 11.9. The fourth-order valence-corrected chi connectivity index (χ4v) is 4.94. The Balaban J connectivity index is 1.39. The van der Waals surface area contributed by atoms with Gasteiger partial charge in [0.1, 0.15) is 6.61 Å². The molecule has 198 valence electrons. The molecule has 7 heteroatoms. The lowest BCUT2D eigenvalue weighted by atomic mass is 9.85. The first kappa shape index (κ1) is 26.9. The Morgan fingerprint density at radius 1 is 0.921 bits per heavy atom. The van der Waals surface area contributed by atoms with E-state index >= 15 is 0 Å². The zero-order chi connectivity index (χ0) is 27.1. The van der Waals surface area contributed by atoms with Gasteiger partial charge < -0.3 is 20.1 Å². The standard InChI is InChI=1S/C31H34N2O5/c1-3-31(2,29(36)33(18-17-28(34)35)19-22-11-5-4-6-12-22)21-32-30(37)38-20-27-25-15-9-7-13-23(25)24-14-8-10-16-26(24)27/h4-16,27H,3,17-21H2,1-2H3,(H,32,37)(H,34,35). The first-order valence-corrected chi connectivity index (χ1v) is 13.0. The first-order valence-electron chi connectivity index (χ1n) is 13.0. The number of hydrogen-bond acceptors (Lipinski definition) is 4. The maximum atomic E-state index is 13.6. The SMILES string of the molecule is CCC(C)(CNC(=O)OCC1c2ccccc2-c2ccccc21)C(=O)N(CCC(=O)O)Cc1ccccc1. The predicted octanol–water partition coefficient (Wildman–Crippen LogP) is 5.44. The number of hydrogen-bond donors (Lipinski definition) is 2. The number of nitrogens with one attached hydrogen (secondary N) is 1. The van der Waals surface area contributed by atoms with Gasteiger partial charge in [0.05, 0.1) is 11.8 Å². The highest BCUT2D eigenvalue weighted by Crippen LogP contribution is 2.44. The van der Waals surface area contributed by atoms with Crippen LogP contribution in [-0.2, 0) is 20.9 Å². The molecule has 2 amide bonds. The van der Waals surface area contributed by atoms with Crippen molar-refractivity contribution in [1.82, 2.24) is 10.2 Å². The van der Waals surface area contributed by atoms with Crippen molar-refractivity contribution in [3.8, 4) is 11.1 Å². The van der Waals surface area contributed by atoms with Crippen molar-refractivity contribution in [2.75, 3.05) is 19.7 Å². The van der Waals surface area contributed by atoms with Gasteiger partial charge in [0.25, 0.3) is 0 Å². The zero-order valence-electron chi connectivity index (χ0n) is 21.9. The molecule has 0 spiro atoms. The molecule has 2 N–H and O–H groups in total. The Labute approximate surface area is 223 Å². The third-order valence-electron chi connectivity index (χ3n) is 7.36. The number of benzene rings is 3. The molecule has 0 bridgehead atoms. The van der Waals surface area contributed by atoms with E-state index in [0.29, 0.717) is 13.0 Å². The summed E-state index contributed by atoms with van der Waals surface area (Å²) in [5.41, 5.74) is 4.56. The Morgan fingerprint density at radius 2 is 1.50 bits per heavy atom. The summed E-state index contributed by atoms with van der Waals surface area (Å²) in [5, 5.41) is 12.0. The van der Waals surface area contributed by atoms with Gasteiger partial charge in [0.2, 0.25) is 5.91 Å². The summed E-state index contributed by atoms with van der Waals surface area (Å²) in [6.07, 6.45) is -0.272. The van der Waals surface area contributed by atoms with Gasteiger partial charge in [-0.05, 0) is 41.2 Å². The molecule has 0 saturated heterocycles. The number of nitrogens with zero attached hydrogens (tertiary/aromatic N) is 1. The molecule has 1 unspecified atom stereocenters. The van der Waals surface area contributed by atoms with Crippen molar-refractivity contribution in [2.45, 2.75) is 39.2 Å². The lowest BCUT2D eigenvalue weighted by molar-refractivity contribution is -0.143. The Morgan fingerprint density at radius 3 is 2.08 bits per heavy atom. The van der Waals surface area contributed by atoms with Crippen LogP contribution in [0.25, 0.3) is 11.1 Å². The summed E-state index contributed by atoms with van der Waals surface area (Å²) in [7, 11) is 0. The molecule has 1 aliphatic carbocycles. The van der Waals surface area contributed by atoms with Crippen LogP contribution in [0.1, 0.15) is 49.3 Å². The number of carbonyl (C=O) groups excluding carboxylic acids is 2. The van der Waals surface area contributed by atoms with Crippen molar-refractivity contribution in [1.29, 1.82) is 0 Å². The average Bonchev–Trinajstić information content (AvgIpc) is 3.26. The van der Waals surface area contributed by atoms with Crippen LogP contribution in [0.4, 0.5) is 4.79 Å². The van der Waals surface area contributed by atoms with Gasteiger partial charge in [-0.15, -0.1) is 0 Å². The monoisotopic (exact) mass is 514 g/mol. The summed E-state index contributed by atoms with van der Waals surface area (Å²) in [4.78, 5) is 39.2. The maximum Gasteiger partial charge on any atom is 0.407 e. The normalized spacial score (nSPS) is 13.6. The highest BCUT2D eigenvalue weighted by Gasteiger charge is 2.36. The van der Waals surface area contributed by atoms with Crippen LogP contribution >= 0.6 is 0 Å². The fraction of sp³-hybridized carbons (Fsp3) is 0.323. The van der Waals surface area contributed by atoms with E-state index in [4.69, 9.17) is 4.74 Å². The lowest BCUT2D eigenvalue weighted by Crippen LogP contribution is -2.48. The van der Waals surface area contributed by atoms with E-state index in [9.17, 15) is 19.5 Å². The van der Waals surface area contributed by atoms with Gasteiger partial charge in [-0.2, -0.15) is 0 Å². The number of rotatable bonds is 11. The number of ether oxygens (including phenoxy) is 1. The van der Waals surface area contributed by atoms with Crippen LogP contribution in [0.5, 0.6) is 0 Å². The van der Waals surface area contributed by atoms with Crippen LogP contribution in [0.2, 0.25) is 0 Å². The fourth-order valence-electron chi connectivity index (χ4n) is 4.94. The van der Waals surface area contributed by atoms with Crippen LogP contribution in [0.3, 0.4) is 0 Å². The summed E-state index contributed by atoms with van der Waals surface area (Å²) >= 11 is 0. The number of fused-ring (bicyclic) bond motifs is 3. The van der Waals surface area contributed by atoms with Crippen LogP contribution in [0.15, 0.2) is 78.9 Å². The predicted molar refractivity (Wildman–Crippen MR) is 146 cm³/mol. The molecule has 0 aliphatic heterocycles. The minimum Gasteiger partial charge on any atom is -0.481 e. The minimum absolute atomic E-state index is 0.0512. The van der Waals surface area contributed by atoms with Gasteiger partial charge >= 0.3 is 12.1 Å². The quantitative estimate of drug-likeness (QED) is 0.355. The van der Waals surface area contributed by atoms with Crippen molar-refractivity contribution >= 4 is 18.0 Å². The lowest BCUT2D eigenvalue weighted by Gasteiger charge is -2.34. The second-order valence-corrected chi connectivity index (χ2v) is 9.95. The van der Waals surface area contributed by atoms with Crippen molar-refractivity contribution in [3.63, 3.8) is 0 Å². The van der Waals surface area contributed by atoms with Crippen LogP contribution < -0.4 is 5.32 Å². The number of aliphatic carboxylic acids is 1. The average molecular weight is 515 g/mol. The van der Waals surface area contributed by atoms with E-state index in [-0.39, 0.29) is 37.9 Å². The molecular formula is C31H34N2O5. The molecule has 0 aromatic heterocycles. The van der Waals surface area contributed by atoms with E-state index in [1.807, 2.05) is 61.5 Å². The van der Waals surface area contributed by atoms with Gasteiger partial charge in [-0.1, -0.05) is 85.8 Å². The molecule has 4 rings (SSSR count). The largest absolute Gasteiger partial charge is 0.481 e. The second-order valence-electron chi connectivity index (χ2n) is 9.95. The molecule has 3 aromatic rings.